The third kappa shape index (κ3) is 6.68. The Morgan fingerprint density at radius 1 is 1.17 bits per heavy atom. The molecule has 1 amide bonds. The number of rotatable bonds is 5. The highest BCUT2D eigenvalue weighted by Gasteiger charge is 2.31. The average molecular weight is 325 g/mol. The van der Waals surface area contributed by atoms with Gasteiger partial charge in [0, 0.05) is 24.2 Å². The van der Waals surface area contributed by atoms with E-state index in [1.807, 2.05) is 20.8 Å². The van der Waals surface area contributed by atoms with Crippen LogP contribution in [0, 0.1) is 0 Å². The maximum Gasteiger partial charge on any atom is 0.407 e. The van der Waals surface area contributed by atoms with Gasteiger partial charge in [0.1, 0.15) is 5.60 Å². The fourth-order valence-electron chi connectivity index (χ4n) is 3.78. The molecule has 0 radical (unpaired) electrons. The van der Waals surface area contributed by atoms with Crippen molar-refractivity contribution in [1.82, 2.24) is 16.0 Å². The second-order valence-corrected chi connectivity index (χ2v) is 8.24. The first-order chi connectivity index (χ1) is 10.8. The Kier molecular flexibility index (Phi) is 6.72. The lowest BCUT2D eigenvalue weighted by Gasteiger charge is -2.30. The van der Waals surface area contributed by atoms with Crippen molar-refractivity contribution in [3.63, 3.8) is 0 Å². The minimum Gasteiger partial charge on any atom is -0.444 e. The molecule has 0 aromatic carbocycles. The van der Waals surface area contributed by atoms with Gasteiger partial charge in [-0.05, 0) is 72.8 Å². The van der Waals surface area contributed by atoms with Crippen molar-refractivity contribution in [2.45, 2.75) is 102 Å². The Morgan fingerprint density at radius 2 is 1.91 bits per heavy atom. The van der Waals surface area contributed by atoms with Crippen LogP contribution in [-0.2, 0) is 4.74 Å². The molecule has 0 aromatic heterocycles. The van der Waals surface area contributed by atoms with Crippen molar-refractivity contribution in [1.29, 1.82) is 0 Å². The average Bonchev–Trinajstić information content (AvgIpc) is 2.84. The molecule has 134 valence electrons. The molecule has 5 heteroatoms. The molecule has 0 bridgehead atoms. The molecular weight excluding hydrogens is 290 g/mol. The van der Waals surface area contributed by atoms with E-state index in [4.69, 9.17) is 4.74 Å². The molecule has 2 fully saturated rings. The molecule has 0 spiro atoms. The zero-order valence-electron chi connectivity index (χ0n) is 15.3. The molecule has 4 unspecified atom stereocenters. The third-order valence-corrected chi connectivity index (χ3v) is 4.77. The van der Waals surface area contributed by atoms with E-state index in [0.29, 0.717) is 18.1 Å². The number of ether oxygens (including phenoxy) is 1. The topological polar surface area (TPSA) is 62.4 Å². The number of hydrogen-bond donors (Lipinski definition) is 3. The van der Waals surface area contributed by atoms with E-state index in [-0.39, 0.29) is 12.1 Å². The van der Waals surface area contributed by atoms with Gasteiger partial charge in [-0.3, -0.25) is 0 Å². The molecule has 2 aliphatic rings. The zero-order chi connectivity index (χ0) is 16.9. The Morgan fingerprint density at radius 3 is 2.57 bits per heavy atom. The first kappa shape index (κ1) is 18.5. The monoisotopic (exact) mass is 325 g/mol. The van der Waals surface area contributed by atoms with E-state index in [9.17, 15) is 4.79 Å². The van der Waals surface area contributed by atoms with Crippen LogP contribution in [0.3, 0.4) is 0 Å². The van der Waals surface area contributed by atoms with Crippen LogP contribution in [0.25, 0.3) is 0 Å². The van der Waals surface area contributed by atoms with Crippen LogP contribution in [0.5, 0.6) is 0 Å². The molecule has 2 rings (SSSR count). The van der Waals surface area contributed by atoms with Crippen molar-refractivity contribution in [3.8, 4) is 0 Å². The van der Waals surface area contributed by atoms with Crippen molar-refractivity contribution in [3.05, 3.63) is 0 Å². The summed E-state index contributed by atoms with van der Waals surface area (Å²) in [5.74, 6) is 0. The summed E-state index contributed by atoms with van der Waals surface area (Å²) in [6.45, 7) is 9.12. The lowest BCUT2D eigenvalue weighted by Crippen LogP contribution is -2.51. The van der Waals surface area contributed by atoms with E-state index in [1.165, 1.54) is 19.3 Å². The smallest absolute Gasteiger partial charge is 0.407 e. The molecule has 4 atom stereocenters. The molecular formula is C18H35N3O2. The van der Waals surface area contributed by atoms with Crippen LogP contribution in [0.1, 0.15) is 72.6 Å². The highest BCUT2D eigenvalue weighted by molar-refractivity contribution is 5.68. The Hall–Kier alpha value is -0.810. The predicted octanol–water partition coefficient (Wildman–Crippen LogP) is 2.94. The highest BCUT2D eigenvalue weighted by Crippen LogP contribution is 2.21. The van der Waals surface area contributed by atoms with E-state index in [1.54, 1.807) is 0 Å². The van der Waals surface area contributed by atoms with Gasteiger partial charge in [0.15, 0.2) is 0 Å². The highest BCUT2D eigenvalue weighted by atomic mass is 16.6. The van der Waals surface area contributed by atoms with Crippen LogP contribution < -0.4 is 16.0 Å². The van der Waals surface area contributed by atoms with E-state index in [2.05, 4.69) is 22.9 Å². The minimum atomic E-state index is -0.439. The van der Waals surface area contributed by atoms with Gasteiger partial charge in [0.25, 0.3) is 0 Å². The maximum absolute atomic E-state index is 12.0. The van der Waals surface area contributed by atoms with Crippen LogP contribution in [0.15, 0.2) is 0 Å². The summed E-state index contributed by atoms with van der Waals surface area (Å²) in [6.07, 6.45) is 8.13. The van der Waals surface area contributed by atoms with Gasteiger partial charge in [-0.1, -0.05) is 6.42 Å². The molecule has 23 heavy (non-hydrogen) atoms. The standard InChI is InChI=1S/C18H35N3O2/c1-13(12-14-8-5-6-11-19-14)20-15-9-7-10-16(15)21-17(22)23-18(2,3)4/h13-16,19-20H,5-12H2,1-4H3,(H,21,22). The fraction of sp³-hybridized carbons (Fsp3) is 0.944. The molecule has 1 heterocycles. The maximum atomic E-state index is 12.0. The number of hydrogen-bond acceptors (Lipinski definition) is 4. The Bertz CT molecular complexity index is 375. The van der Waals surface area contributed by atoms with Crippen molar-refractivity contribution in [2.75, 3.05) is 6.54 Å². The van der Waals surface area contributed by atoms with Crippen LogP contribution in [0.4, 0.5) is 4.79 Å². The fourth-order valence-corrected chi connectivity index (χ4v) is 3.78. The summed E-state index contributed by atoms with van der Waals surface area (Å²) >= 11 is 0. The Labute approximate surface area is 141 Å². The SMILES string of the molecule is CC(CC1CCCCN1)NC1CCCC1NC(=O)OC(C)(C)C. The van der Waals surface area contributed by atoms with Crippen LogP contribution in [0.2, 0.25) is 0 Å². The molecule has 1 aliphatic heterocycles. The molecule has 3 N–H and O–H groups in total. The molecule has 1 saturated carbocycles. The van der Waals surface area contributed by atoms with Crippen LogP contribution in [-0.4, -0.2) is 42.4 Å². The van der Waals surface area contributed by atoms with Gasteiger partial charge in [0.05, 0.1) is 0 Å². The van der Waals surface area contributed by atoms with E-state index >= 15 is 0 Å². The summed E-state index contributed by atoms with van der Waals surface area (Å²) < 4.78 is 5.39. The number of carbonyl (C=O) groups excluding carboxylic acids is 1. The third-order valence-electron chi connectivity index (χ3n) is 4.77. The van der Waals surface area contributed by atoms with Gasteiger partial charge in [0.2, 0.25) is 0 Å². The zero-order valence-corrected chi connectivity index (χ0v) is 15.3. The molecule has 1 saturated heterocycles. The van der Waals surface area contributed by atoms with Crippen molar-refractivity contribution < 1.29 is 9.53 Å². The van der Waals surface area contributed by atoms with E-state index in [0.717, 1.165) is 32.2 Å². The quantitative estimate of drug-likeness (QED) is 0.727. The number of piperidine rings is 1. The van der Waals surface area contributed by atoms with Gasteiger partial charge >= 0.3 is 6.09 Å². The lowest BCUT2D eigenvalue weighted by molar-refractivity contribution is 0.0496. The second-order valence-electron chi connectivity index (χ2n) is 8.24. The summed E-state index contributed by atoms with van der Waals surface area (Å²) in [6, 6.07) is 1.66. The van der Waals surface area contributed by atoms with E-state index < -0.39 is 5.60 Å². The number of carbonyl (C=O) groups is 1. The lowest BCUT2D eigenvalue weighted by atomic mass is 9.98. The Balaban J connectivity index is 1.75. The van der Waals surface area contributed by atoms with Crippen molar-refractivity contribution >= 4 is 6.09 Å². The normalized spacial score (nSPS) is 30.0. The molecule has 0 aromatic rings. The summed E-state index contributed by atoms with van der Waals surface area (Å²) in [5.41, 5.74) is -0.439. The van der Waals surface area contributed by atoms with Gasteiger partial charge < -0.3 is 20.7 Å². The minimum absolute atomic E-state index is 0.187. The number of nitrogens with one attached hydrogen (secondary N) is 3. The van der Waals surface area contributed by atoms with Gasteiger partial charge in [-0.2, -0.15) is 0 Å². The summed E-state index contributed by atoms with van der Waals surface area (Å²) in [7, 11) is 0. The van der Waals surface area contributed by atoms with Gasteiger partial charge in [-0.25, -0.2) is 4.79 Å². The number of alkyl carbamates (subject to hydrolysis) is 1. The van der Waals surface area contributed by atoms with Crippen molar-refractivity contribution in [2.24, 2.45) is 0 Å². The molecule has 1 aliphatic carbocycles. The first-order valence-electron chi connectivity index (χ1n) is 9.32. The second kappa shape index (κ2) is 8.34. The molecule has 5 nitrogen and oxygen atoms in total. The largest absolute Gasteiger partial charge is 0.444 e. The number of amides is 1. The predicted molar refractivity (Wildman–Crippen MR) is 93.7 cm³/mol. The first-order valence-corrected chi connectivity index (χ1v) is 9.32. The van der Waals surface area contributed by atoms with Crippen LogP contribution >= 0.6 is 0 Å². The van der Waals surface area contributed by atoms with Gasteiger partial charge in [-0.15, -0.1) is 0 Å². The summed E-state index contributed by atoms with van der Waals surface area (Å²) in [5, 5.41) is 10.4. The summed E-state index contributed by atoms with van der Waals surface area (Å²) in [4.78, 5) is 12.0.